The molecule has 0 saturated carbocycles. The van der Waals surface area contributed by atoms with Crippen molar-refractivity contribution in [1.29, 1.82) is 0 Å². The summed E-state index contributed by atoms with van der Waals surface area (Å²) in [7, 11) is 3.16. The third kappa shape index (κ3) is 4.28. The van der Waals surface area contributed by atoms with Crippen LogP contribution in [0.5, 0.6) is 11.5 Å². The quantitative estimate of drug-likeness (QED) is 0.794. The average molecular weight is 265 g/mol. The highest BCUT2D eigenvalue weighted by atomic mass is 16.5. The predicted molar refractivity (Wildman–Crippen MR) is 71.4 cm³/mol. The van der Waals surface area contributed by atoms with Crippen LogP contribution in [0.3, 0.4) is 0 Å². The van der Waals surface area contributed by atoms with E-state index in [1.54, 1.807) is 14.2 Å². The Morgan fingerprint density at radius 3 is 2.32 bits per heavy atom. The first-order valence-electron chi connectivity index (χ1n) is 5.95. The zero-order chi connectivity index (χ0) is 14.4. The van der Waals surface area contributed by atoms with Crippen LogP contribution in [0.1, 0.15) is 24.5 Å². The van der Waals surface area contributed by atoms with E-state index in [0.29, 0.717) is 12.3 Å². The highest BCUT2D eigenvalue weighted by Crippen LogP contribution is 2.28. The molecule has 19 heavy (non-hydrogen) atoms. The largest absolute Gasteiger partial charge is 0.496 e. The van der Waals surface area contributed by atoms with Crippen molar-refractivity contribution in [3.8, 4) is 11.5 Å². The minimum Gasteiger partial charge on any atom is -0.496 e. The van der Waals surface area contributed by atoms with Crippen molar-refractivity contribution in [3.05, 3.63) is 23.3 Å². The first-order valence-corrected chi connectivity index (χ1v) is 5.95. The molecule has 1 aromatic rings. The van der Waals surface area contributed by atoms with Crippen molar-refractivity contribution < 1.29 is 19.1 Å². The average Bonchev–Trinajstić information content (AvgIpc) is 2.35. The molecular formula is C14H19NO4. The van der Waals surface area contributed by atoms with Crippen LogP contribution >= 0.6 is 0 Å². The van der Waals surface area contributed by atoms with Gasteiger partial charge in [-0.1, -0.05) is 0 Å². The van der Waals surface area contributed by atoms with Crippen LogP contribution in [0.15, 0.2) is 12.1 Å². The van der Waals surface area contributed by atoms with Gasteiger partial charge in [-0.3, -0.25) is 9.59 Å². The van der Waals surface area contributed by atoms with Gasteiger partial charge in [-0.25, -0.2) is 0 Å². The molecule has 5 heteroatoms. The Bertz CT molecular complexity index is 483. The first-order chi connectivity index (χ1) is 8.97. The molecule has 0 radical (unpaired) electrons. The molecule has 1 N–H and O–H groups in total. The zero-order valence-corrected chi connectivity index (χ0v) is 11.7. The van der Waals surface area contributed by atoms with Gasteiger partial charge in [0.25, 0.3) is 0 Å². The number of carbonyl (C=O) groups is 2. The lowest BCUT2D eigenvalue weighted by Crippen LogP contribution is -2.24. The van der Waals surface area contributed by atoms with Gasteiger partial charge in [0.1, 0.15) is 17.3 Å². The van der Waals surface area contributed by atoms with E-state index in [0.717, 1.165) is 16.9 Å². The van der Waals surface area contributed by atoms with Crippen LogP contribution in [-0.2, 0) is 16.1 Å². The molecule has 0 atom stereocenters. The van der Waals surface area contributed by atoms with E-state index in [4.69, 9.17) is 9.47 Å². The molecule has 1 rings (SSSR count). The van der Waals surface area contributed by atoms with E-state index >= 15 is 0 Å². The predicted octanol–water partition coefficient (Wildman–Crippen LogP) is 1.61. The maximum absolute atomic E-state index is 11.4. The van der Waals surface area contributed by atoms with Crippen molar-refractivity contribution in [2.24, 2.45) is 0 Å². The molecule has 0 spiro atoms. The van der Waals surface area contributed by atoms with E-state index in [1.807, 2.05) is 19.1 Å². The molecule has 1 aromatic carbocycles. The summed E-state index contributed by atoms with van der Waals surface area (Å²) in [5.74, 6) is 0.957. The molecule has 0 aliphatic carbocycles. The van der Waals surface area contributed by atoms with Gasteiger partial charge >= 0.3 is 0 Å². The lowest BCUT2D eigenvalue weighted by molar-refractivity contribution is -0.127. The lowest BCUT2D eigenvalue weighted by Gasteiger charge is -2.13. The number of ether oxygens (including phenoxy) is 2. The number of benzene rings is 1. The monoisotopic (exact) mass is 265 g/mol. The van der Waals surface area contributed by atoms with Crippen LogP contribution in [0.25, 0.3) is 0 Å². The van der Waals surface area contributed by atoms with Crippen LogP contribution in [-0.4, -0.2) is 25.9 Å². The molecule has 0 unspecified atom stereocenters. The summed E-state index contributed by atoms with van der Waals surface area (Å²) >= 11 is 0. The lowest BCUT2D eigenvalue weighted by atomic mass is 10.1. The molecule has 0 saturated heterocycles. The Morgan fingerprint density at radius 1 is 1.16 bits per heavy atom. The second kappa shape index (κ2) is 6.78. The standard InChI is InChI=1S/C14H19NO4/c1-9-5-13(19-4)11(7-12(9)18-3)8-15-14(17)6-10(2)16/h5,7H,6,8H2,1-4H3,(H,15,17). The molecule has 0 heterocycles. The van der Waals surface area contributed by atoms with Gasteiger partial charge in [0.15, 0.2) is 0 Å². The normalized spacial score (nSPS) is 9.89. The number of rotatable bonds is 6. The number of aryl methyl sites for hydroxylation is 1. The van der Waals surface area contributed by atoms with Crippen LogP contribution < -0.4 is 14.8 Å². The van der Waals surface area contributed by atoms with Gasteiger partial charge in [-0.05, 0) is 31.5 Å². The van der Waals surface area contributed by atoms with E-state index < -0.39 is 0 Å². The molecular weight excluding hydrogens is 246 g/mol. The Morgan fingerprint density at radius 2 is 1.79 bits per heavy atom. The number of hydrogen-bond acceptors (Lipinski definition) is 4. The number of Topliss-reactive ketones (excluding diaryl/α,β-unsaturated/α-hetero) is 1. The fourth-order valence-corrected chi connectivity index (χ4v) is 1.73. The van der Waals surface area contributed by atoms with Gasteiger partial charge < -0.3 is 14.8 Å². The topological polar surface area (TPSA) is 64.6 Å². The molecule has 0 aliphatic rings. The molecule has 1 amide bonds. The smallest absolute Gasteiger partial charge is 0.227 e. The fraction of sp³-hybridized carbons (Fsp3) is 0.429. The van der Waals surface area contributed by atoms with Gasteiger partial charge in [0.2, 0.25) is 5.91 Å². The minimum absolute atomic E-state index is 0.106. The summed E-state index contributed by atoms with van der Waals surface area (Å²) in [5.41, 5.74) is 1.76. The summed E-state index contributed by atoms with van der Waals surface area (Å²) in [6, 6.07) is 3.67. The highest BCUT2D eigenvalue weighted by Gasteiger charge is 2.10. The third-order valence-electron chi connectivity index (χ3n) is 2.68. The van der Waals surface area contributed by atoms with Crippen molar-refractivity contribution in [1.82, 2.24) is 5.32 Å². The van der Waals surface area contributed by atoms with Crippen molar-refractivity contribution in [2.75, 3.05) is 14.2 Å². The number of nitrogens with one attached hydrogen (secondary N) is 1. The molecule has 0 fully saturated rings. The van der Waals surface area contributed by atoms with Gasteiger partial charge in [-0.2, -0.15) is 0 Å². The number of methoxy groups -OCH3 is 2. The summed E-state index contributed by atoms with van der Waals surface area (Å²) in [6.07, 6.45) is -0.106. The van der Waals surface area contributed by atoms with Gasteiger partial charge in [0, 0.05) is 12.1 Å². The molecule has 104 valence electrons. The summed E-state index contributed by atoms with van der Waals surface area (Å²) in [5, 5.41) is 2.68. The van der Waals surface area contributed by atoms with Crippen molar-refractivity contribution in [2.45, 2.75) is 26.8 Å². The van der Waals surface area contributed by atoms with Crippen LogP contribution in [0.2, 0.25) is 0 Å². The maximum Gasteiger partial charge on any atom is 0.227 e. The highest BCUT2D eigenvalue weighted by molar-refractivity contribution is 5.96. The number of amides is 1. The summed E-state index contributed by atoms with van der Waals surface area (Å²) in [4.78, 5) is 22.3. The molecule has 0 aliphatic heterocycles. The second-order valence-electron chi connectivity index (χ2n) is 4.29. The van der Waals surface area contributed by atoms with Crippen molar-refractivity contribution in [3.63, 3.8) is 0 Å². The van der Waals surface area contributed by atoms with E-state index in [2.05, 4.69) is 5.32 Å². The maximum atomic E-state index is 11.4. The van der Waals surface area contributed by atoms with Gasteiger partial charge in [0.05, 0.1) is 20.6 Å². The zero-order valence-electron chi connectivity index (χ0n) is 11.7. The van der Waals surface area contributed by atoms with Crippen LogP contribution in [0, 0.1) is 6.92 Å². The van der Waals surface area contributed by atoms with Gasteiger partial charge in [-0.15, -0.1) is 0 Å². The number of hydrogen-bond donors (Lipinski definition) is 1. The number of ketones is 1. The second-order valence-corrected chi connectivity index (χ2v) is 4.29. The Labute approximate surface area is 112 Å². The Kier molecular flexibility index (Phi) is 5.36. The minimum atomic E-state index is -0.297. The Hall–Kier alpha value is -2.04. The van der Waals surface area contributed by atoms with Crippen LogP contribution in [0.4, 0.5) is 0 Å². The first kappa shape index (κ1) is 15.0. The molecule has 0 bridgehead atoms. The van der Waals surface area contributed by atoms with E-state index in [-0.39, 0.29) is 18.1 Å². The van der Waals surface area contributed by atoms with Crippen molar-refractivity contribution >= 4 is 11.7 Å². The third-order valence-corrected chi connectivity index (χ3v) is 2.68. The van der Waals surface area contributed by atoms with E-state index in [9.17, 15) is 9.59 Å². The summed E-state index contributed by atoms with van der Waals surface area (Å²) in [6.45, 7) is 3.60. The molecule has 5 nitrogen and oxygen atoms in total. The fourth-order valence-electron chi connectivity index (χ4n) is 1.73. The SMILES string of the molecule is COc1cc(CNC(=O)CC(C)=O)c(OC)cc1C. The molecule has 0 aromatic heterocycles. The number of carbonyl (C=O) groups excluding carboxylic acids is 2. The van der Waals surface area contributed by atoms with E-state index in [1.165, 1.54) is 6.92 Å². The summed E-state index contributed by atoms with van der Waals surface area (Å²) < 4.78 is 10.5. The Balaban J connectivity index is 2.82.